The van der Waals surface area contributed by atoms with E-state index in [2.05, 4.69) is 10.2 Å². The van der Waals surface area contributed by atoms with Crippen molar-refractivity contribution in [2.75, 3.05) is 0 Å². The Kier molecular flexibility index (Phi) is 2.14. The summed E-state index contributed by atoms with van der Waals surface area (Å²) in [6.45, 7) is 0. The predicted octanol–water partition coefficient (Wildman–Crippen LogP) is 2.30. The van der Waals surface area contributed by atoms with Gasteiger partial charge in [0.25, 0.3) is 14.2 Å². The van der Waals surface area contributed by atoms with E-state index in [4.69, 9.17) is 10.7 Å². The van der Waals surface area contributed by atoms with Crippen molar-refractivity contribution >= 4 is 19.7 Å². The number of aromatic nitrogens is 3. The molecule has 0 amide bonds. The summed E-state index contributed by atoms with van der Waals surface area (Å²) in [5.74, 6) is 4.51. The van der Waals surface area contributed by atoms with Gasteiger partial charge < -0.3 is 0 Å². The van der Waals surface area contributed by atoms with Gasteiger partial charge in [-0.25, -0.2) is 8.42 Å². The Balaban J connectivity index is 1.58. The zero-order chi connectivity index (χ0) is 13.6. The van der Waals surface area contributed by atoms with E-state index < -0.39 is 9.05 Å². The first-order chi connectivity index (χ1) is 9.55. The zero-order valence-corrected chi connectivity index (χ0v) is 12.5. The van der Waals surface area contributed by atoms with Crippen molar-refractivity contribution in [3.05, 3.63) is 5.82 Å². The van der Waals surface area contributed by atoms with Crippen LogP contribution in [-0.4, -0.2) is 23.2 Å². The van der Waals surface area contributed by atoms with E-state index in [9.17, 15) is 8.42 Å². The number of rotatable bonds is 3. The molecule has 4 atom stereocenters. The third kappa shape index (κ3) is 1.47. The molecule has 7 heteroatoms. The van der Waals surface area contributed by atoms with Crippen molar-refractivity contribution in [1.29, 1.82) is 0 Å². The Morgan fingerprint density at radius 1 is 1.05 bits per heavy atom. The van der Waals surface area contributed by atoms with Crippen molar-refractivity contribution < 1.29 is 8.42 Å². The van der Waals surface area contributed by atoms with E-state index in [1.165, 1.54) is 19.3 Å². The molecule has 2 bridgehead atoms. The van der Waals surface area contributed by atoms with Gasteiger partial charge >= 0.3 is 0 Å². The maximum atomic E-state index is 11.7. The summed E-state index contributed by atoms with van der Waals surface area (Å²) in [6, 6.07) is 0.252. The summed E-state index contributed by atoms with van der Waals surface area (Å²) >= 11 is 0. The summed E-state index contributed by atoms with van der Waals surface area (Å²) in [5.41, 5.74) is 0. The maximum Gasteiger partial charge on any atom is 0.296 e. The van der Waals surface area contributed by atoms with Crippen LogP contribution in [0.4, 0.5) is 0 Å². The predicted molar refractivity (Wildman–Crippen MR) is 71.9 cm³/mol. The van der Waals surface area contributed by atoms with Crippen LogP contribution in [0, 0.1) is 23.7 Å². The van der Waals surface area contributed by atoms with Crippen LogP contribution in [0.1, 0.15) is 49.9 Å². The van der Waals surface area contributed by atoms with E-state index in [-0.39, 0.29) is 11.2 Å². The normalized spacial score (nSPS) is 42.0. The Morgan fingerprint density at radius 3 is 2.25 bits per heavy atom. The van der Waals surface area contributed by atoms with Crippen LogP contribution in [0.25, 0.3) is 0 Å². The molecular weight excluding hydrogens is 298 g/mol. The van der Waals surface area contributed by atoms with Crippen molar-refractivity contribution in [2.45, 2.75) is 49.2 Å². The van der Waals surface area contributed by atoms with Gasteiger partial charge in [0.05, 0.1) is 0 Å². The lowest BCUT2D eigenvalue weighted by atomic mass is 10.0. The monoisotopic (exact) mass is 313 g/mol. The molecule has 5 nitrogen and oxygen atoms in total. The molecule has 4 fully saturated rings. The topological polar surface area (TPSA) is 64.8 Å². The van der Waals surface area contributed by atoms with Gasteiger partial charge in [-0.15, -0.1) is 10.2 Å². The van der Waals surface area contributed by atoms with Crippen molar-refractivity contribution in [1.82, 2.24) is 14.8 Å². The molecular formula is C13H16ClN3O2S. The van der Waals surface area contributed by atoms with Crippen LogP contribution >= 0.6 is 10.7 Å². The number of fused-ring (bicyclic) bond motifs is 5. The largest absolute Gasteiger partial charge is 0.297 e. The Labute approximate surface area is 122 Å². The minimum absolute atomic E-state index is 0.0333. The quantitative estimate of drug-likeness (QED) is 0.803. The maximum absolute atomic E-state index is 11.7. The lowest BCUT2D eigenvalue weighted by Gasteiger charge is -2.10. The molecule has 4 aliphatic carbocycles. The fourth-order valence-electron chi connectivity index (χ4n) is 5.03. The van der Waals surface area contributed by atoms with Crippen molar-refractivity contribution in [2.24, 2.45) is 23.7 Å². The molecule has 20 heavy (non-hydrogen) atoms. The molecule has 4 aliphatic rings. The third-order valence-electron chi connectivity index (χ3n) is 5.85. The average molecular weight is 314 g/mol. The van der Waals surface area contributed by atoms with Crippen LogP contribution in [0.3, 0.4) is 0 Å². The minimum Gasteiger partial charge on any atom is -0.297 e. The van der Waals surface area contributed by atoms with Crippen LogP contribution < -0.4 is 0 Å². The fraction of sp³-hybridized carbons (Fsp3) is 0.846. The van der Waals surface area contributed by atoms with Gasteiger partial charge in [0.2, 0.25) is 0 Å². The molecule has 4 unspecified atom stereocenters. The van der Waals surface area contributed by atoms with Gasteiger partial charge in [-0.3, -0.25) is 4.57 Å². The van der Waals surface area contributed by atoms with Gasteiger partial charge in [0, 0.05) is 22.6 Å². The van der Waals surface area contributed by atoms with Gasteiger partial charge in [-0.2, -0.15) is 0 Å². The average Bonchev–Trinajstić information content (AvgIpc) is 3.24. The lowest BCUT2D eigenvalue weighted by Crippen LogP contribution is -2.10. The molecule has 1 aromatic rings. The van der Waals surface area contributed by atoms with Crippen LogP contribution in [0.15, 0.2) is 5.16 Å². The fourth-order valence-corrected chi connectivity index (χ4v) is 5.96. The molecule has 0 aliphatic heterocycles. The Bertz CT molecular complexity index is 680. The van der Waals surface area contributed by atoms with Crippen LogP contribution in [0.5, 0.6) is 0 Å². The number of nitrogens with zero attached hydrogens (tertiary/aromatic N) is 3. The zero-order valence-electron chi connectivity index (χ0n) is 10.9. The molecule has 4 saturated carbocycles. The van der Waals surface area contributed by atoms with E-state index in [0.29, 0.717) is 5.92 Å². The summed E-state index contributed by atoms with van der Waals surface area (Å²) in [4.78, 5) is 0. The van der Waals surface area contributed by atoms with E-state index in [1.807, 2.05) is 4.57 Å². The lowest BCUT2D eigenvalue weighted by molar-refractivity contribution is 0.456. The highest BCUT2D eigenvalue weighted by molar-refractivity contribution is 8.13. The van der Waals surface area contributed by atoms with Gasteiger partial charge in [-0.1, -0.05) is 0 Å². The van der Waals surface area contributed by atoms with Gasteiger partial charge in [-0.05, 0) is 55.8 Å². The van der Waals surface area contributed by atoms with Gasteiger partial charge in [0.1, 0.15) is 5.82 Å². The van der Waals surface area contributed by atoms with Gasteiger partial charge in [0.15, 0.2) is 0 Å². The molecule has 5 rings (SSSR count). The Morgan fingerprint density at radius 2 is 1.70 bits per heavy atom. The van der Waals surface area contributed by atoms with Crippen molar-refractivity contribution in [3.63, 3.8) is 0 Å². The Hall–Kier alpha value is -0.620. The molecule has 0 N–H and O–H groups in total. The summed E-state index contributed by atoms with van der Waals surface area (Å²) < 4.78 is 25.2. The van der Waals surface area contributed by atoms with Crippen LogP contribution in [-0.2, 0) is 9.05 Å². The highest BCUT2D eigenvalue weighted by Crippen LogP contribution is 2.73. The molecule has 1 aromatic heterocycles. The van der Waals surface area contributed by atoms with E-state index in [0.717, 1.165) is 42.3 Å². The first-order valence-electron chi connectivity index (χ1n) is 7.45. The molecule has 0 radical (unpaired) electrons. The number of hydrogen-bond donors (Lipinski definition) is 0. The molecule has 0 aromatic carbocycles. The van der Waals surface area contributed by atoms with Crippen LogP contribution in [0.2, 0.25) is 0 Å². The molecule has 0 spiro atoms. The SMILES string of the molecule is O=S(=O)(Cl)c1nnc(C2C3C4CCC(C4)C23)n1C1CC1. The summed E-state index contributed by atoms with van der Waals surface area (Å²) in [6.07, 6.45) is 6.10. The summed E-state index contributed by atoms with van der Waals surface area (Å²) in [5, 5.41) is 8.10. The minimum atomic E-state index is -3.80. The van der Waals surface area contributed by atoms with E-state index >= 15 is 0 Å². The van der Waals surface area contributed by atoms with Crippen molar-refractivity contribution in [3.8, 4) is 0 Å². The molecule has 1 heterocycles. The standard InChI is InChI=1S/C13H16ClN3O2S/c14-20(18,19)13-16-15-12(17(13)8-3-4-8)11-9-6-1-2-7(5-6)10(9)11/h6-11H,1-5H2. The highest BCUT2D eigenvalue weighted by atomic mass is 35.7. The smallest absolute Gasteiger partial charge is 0.296 e. The highest BCUT2D eigenvalue weighted by Gasteiger charge is 2.67. The summed E-state index contributed by atoms with van der Waals surface area (Å²) in [7, 11) is 1.72. The second kappa shape index (κ2) is 3.58. The van der Waals surface area contributed by atoms with E-state index in [1.54, 1.807) is 0 Å². The second-order valence-electron chi connectivity index (χ2n) is 6.89. The molecule has 0 saturated heterocycles. The second-order valence-corrected chi connectivity index (χ2v) is 9.35. The number of hydrogen-bond acceptors (Lipinski definition) is 4. The first-order valence-corrected chi connectivity index (χ1v) is 9.76. The number of halogens is 1. The third-order valence-corrected chi connectivity index (χ3v) is 6.98. The molecule has 108 valence electrons. The first kappa shape index (κ1) is 12.0.